The van der Waals surface area contributed by atoms with Gasteiger partial charge in [-0.15, -0.1) is 0 Å². The summed E-state index contributed by atoms with van der Waals surface area (Å²) in [6.45, 7) is 0.604. The molecule has 0 saturated heterocycles. The summed E-state index contributed by atoms with van der Waals surface area (Å²) in [7, 11) is -1.78. The first-order valence-corrected chi connectivity index (χ1v) is 9.35. The van der Waals surface area contributed by atoms with Gasteiger partial charge in [-0.2, -0.15) is 4.31 Å². The van der Waals surface area contributed by atoms with Crippen LogP contribution < -0.4 is 0 Å². The molecular formula is C10H12ClNO4S2. The van der Waals surface area contributed by atoms with Crippen LogP contribution in [0.25, 0.3) is 0 Å². The minimum Gasteiger partial charge on any atom is -0.212 e. The molecular weight excluding hydrogens is 298 g/mol. The Balaban J connectivity index is 2.42. The van der Waals surface area contributed by atoms with E-state index in [4.69, 9.17) is 10.7 Å². The van der Waals surface area contributed by atoms with Crippen LogP contribution in [0.2, 0.25) is 0 Å². The van der Waals surface area contributed by atoms with E-state index in [-0.39, 0.29) is 11.4 Å². The van der Waals surface area contributed by atoms with Crippen LogP contribution in [0.4, 0.5) is 0 Å². The fourth-order valence-electron chi connectivity index (χ4n) is 1.94. The van der Waals surface area contributed by atoms with E-state index >= 15 is 0 Å². The fourth-order valence-corrected chi connectivity index (χ4v) is 3.54. The summed E-state index contributed by atoms with van der Waals surface area (Å²) in [6.07, 6.45) is 1.71. The maximum Gasteiger partial charge on any atom is 0.261 e. The summed E-state index contributed by atoms with van der Waals surface area (Å²) in [5.74, 6) is 0. The third kappa shape index (κ3) is 2.85. The van der Waals surface area contributed by atoms with Crippen molar-refractivity contribution in [1.82, 2.24) is 4.31 Å². The second kappa shape index (κ2) is 4.48. The van der Waals surface area contributed by atoms with Gasteiger partial charge in [-0.3, -0.25) is 0 Å². The summed E-state index contributed by atoms with van der Waals surface area (Å²) in [5, 5.41) is 0. The first-order valence-electron chi connectivity index (χ1n) is 5.19. The Kier molecular flexibility index (Phi) is 3.44. The monoisotopic (exact) mass is 309 g/mol. The molecule has 0 aromatic heterocycles. The molecule has 0 fully saturated rings. The third-order valence-electron chi connectivity index (χ3n) is 2.91. The van der Waals surface area contributed by atoms with Gasteiger partial charge in [-0.1, -0.05) is 6.07 Å². The van der Waals surface area contributed by atoms with Crippen LogP contribution in [-0.2, 0) is 32.0 Å². The van der Waals surface area contributed by atoms with Crippen molar-refractivity contribution in [2.24, 2.45) is 0 Å². The third-order valence-corrected chi connectivity index (χ3v) is 5.51. The number of hydrogen-bond acceptors (Lipinski definition) is 4. The van der Waals surface area contributed by atoms with Crippen molar-refractivity contribution in [2.45, 2.75) is 17.9 Å². The zero-order chi connectivity index (χ0) is 13.6. The Morgan fingerprint density at radius 1 is 1.17 bits per heavy atom. The van der Waals surface area contributed by atoms with Gasteiger partial charge in [-0.05, 0) is 29.7 Å². The summed E-state index contributed by atoms with van der Waals surface area (Å²) in [4.78, 5) is -0.00160. The smallest absolute Gasteiger partial charge is 0.212 e. The van der Waals surface area contributed by atoms with E-state index in [0.29, 0.717) is 18.5 Å². The lowest BCUT2D eigenvalue weighted by Gasteiger charge is -2.26. The second-order valence-corrected chi connectivity index (χ2v) is 8.76. The van der Waals surface area contributed by atoms with Gasteiger partial charge >= 0.3 is 0 Å². The lowest BCUT2D eigenvalue weighted by molar-refractivity contribution is 0.394. The average Bonchev–Trinajstić information content (AvgIpc) is 2.25. The number of hydrogen-bond donors (Lipinski definition) is 0. The summed E-state index contributed by atoms with van der Waals surface area (Å²) < 4.78 is 46.7. The molecule has 100 valence electrons. The predicted molar refractivity (Wildman–Crippen MR) is 68.4 cm³/mol. The van der Waals surface area contributed by atoms with Crippen molar-refractivity contribution < 1.29 is 16.8 Å². The highest BCUT2D eigenvalue weighted by atomic mass is 35.7. The van der Waals surface area contributed by atoms with Crippen molar-refractivity contribution in [3.63, 3.8) is 0 Å². The molecule has 1 aromatic carbocycles. The van der Waals surface area contributed by atoms with Crippen LogP contribution in [0.5, 0.6) is 0 Å². The Morgan fingerprint density at radius 3 is 2.39 bits per heavy atom. The zero-order valence-electron chi connectivity index (χ0n) is 9.63. The molecule has 0 atom stereocenters. The molecule has 18 heavy (non-hydrogen) atoms. The summed E-state index contributed by atoms with van der Waals surface area (Å²) in [5.41, 5.74) is 1.65. The molecule has 8 heteroatoms. The van der Waals surface area contributed by atoms with E-state index in [1.807, 2.05) is 0 Å². The van der Waals surface area contributed by atoms with Crippen LogP contribution in [0.15, 0.2) is 23.1 Å². The maximum absolute atomic E-state index is 11.5. The van der Waals surface area contributed by atoms with E-state index in [1.165, 1.54) is 16.4 Å². The van der Waals surface area contributed by atoms with Crippen LogP contribution in [0.3, 0.4) is 0 Å². The van der Waals surface area contributed by atoms with Gasteiger partial charge in [0.05, 0.1) is 11.2 Å². The predicted octanol–water partition coefficient (Wildman–Crippen LogP) is 0.932. The minimum absolute atomic E-state index is 0.00160. The molecule has 2 rings (SSSR count). The Morgan fingerprint density at radius 2 is 1.83 bits per heavy atom. The number of halogens is 1. The number of benzene rings is 1. The van der Waals surface area contributed by atoms with Crippen LogP contribution in [0, 0.1) is 0 Å². The highest BCUT2D eigenvalue weighted by Crippen LogP contribution is 2.25. The van der Waals surface area contributed by atoms with Gasteiger partial charge in [0, 0.05) is 23.8 Å². The molecule has 1 aliphatic rings. The molecule has 0 unspecified atom stereocenters. The van der Waals surface area contributed by atoms with Gasteiger partial charge in [0.15, 0.2) is 0 Å². The number of sulfonamides is 1. The van der Waals surface area contributed by atoms with Gasteiger partial charge in [0.2, 0.25) is 10.0 Å². The zero-order valence-corrected chi connectivity index (χ0v) is 12.0. The average molecular weight is 310 g/mol. The highest BCUT2D eigenvalue weighted by molar-refractivity contribution is 8.13. The standard InChI is InChI=1S/C10H12ClNO4S2/c1-17(13,14)12-5-4-8-2-3-10(18(11,15)16)6-9(8)7-12/h2-3,6H,4-5,7H2,1H3. The quantitative estimate of drug-likeness (QED) is 0.762. The molecule has 1 aliphatic heterocycles. The molecule has 0 amide bonds. The van der Waals surface area contributed by atoms with Crippen LogP contribution >= 0.6 is 10.7 Å². The van der Waals surface area contributed by atoms with Gasteiger partial charge in [-0.25, -0.2) is 16.8 Å². The fraction of sp³-hybridized carbons (Fsp3) is 0.400. The first-order chi connectivity index (χ1) is 8.18. The van der Waals surface area contributed by atoms with Crippen molar-refractivity contribution in [3.8, 4) is 0 Å². The van der Waals surface area contributed by atoms with E-state index in [2.05, 4.69) is 0 Å². The number of fused-ring (bicyclic) bond motifs is 1. The molecule has 0 saturated carbocycles. The molecule has 1 aromatic rings. The first kappa shape index (κ1) is 13.8. The van der Waals surface area contributed by atoms with Crippen LogP contribution in [-0.4, -0.2) is 33.9 Å². The van der Waals surface area contributed by atoms with Gasteiger partial charge < -0.3 is 0 Å². The molecule has 0 N–H and O–H groups in total. The molecule has 5 nitrogen and oxygen atoms in total. The molecule has 0 bridgehead atoms. The highest BCUT2D eigenvalue weighted by Gasteiger charge is 2.24. The second-order valence-electron chi connectivity index (χ2n) is 4.21. The van der Waals surface area contributed by atoms with Gasteiger partial charge in [0.1, 0.15) is 0 Å². The van der Waals surface area contributed by atoms with Crippen molar-refractivity contribution >= 4 is 29.8 Å². The largest absolute Gasteiger partial charge is 0.261 e. The Hall–Kier alpha value is -0.630. The van der Waals surface area contributed by atoms with Gasteiger partial charge in [0.25, 0.3) is 9.05 Å². The van der Waals surface area contributed by atoms with Crippen molar-refractivity contribution in [1.29, 1.82) is 0 Å². The lowest BCUT2D eigenvalue weighted by atomic mass is 10.0. The van der Waals surface area contributed by atoms with E-state index < -0.39 is 19.1 Å². The maximum atomic E-state index is 11.5. The molecule has 0 radical (unpaired) electrons. The van der Waals surface area contributed by atoms with Crippen LogP contribution in [0.1, 0.15) is 11.1 Å². The van der Waals surface area contributed by atoms with Crippen molar-refractivity contribution in [3.05, 3.63) is 29.3 Å². The van der Waals surface area contributed by atoms with E-state index in [1.54, 1.807) is 6.07 Å². The van der Waals surface area contributed by atoms with E-state index in [9.17, 15) is 16.8 Å². The summed E-state index contributed by atoms with van der Waals surface area (Å²) in [6, 6.07) is 4.57. The van der Waals surface area contributed by atoms with E-state index in [0.717, 1.165) is 11.8 Å². The number of nitrogens with zero attached hydrogens (tertiary/aromatic N) is 1. The summed E-state index contributed by atoms with van der Waals surface area (Å²) >= 11 is 0. The Bertz CT molecular complexity index is 682. The normalized spacial score (nSPS) is 17.4. The minimum atomic E-state index is -3.79. The number of rotatable bonds is 2. The molecule has 1 heterocycles. The Labute approximate surface area is 111 Å². The molecule has 0 spiro atoms. The lowest BCUT2D eigenvalue weighted by Crippen LogP contribution is -2.35. The van der Waals surface area contributed by atoms with Crippen molar-refractivity contribution in [2.75, 3.05) is 12.8 Å². The SMILES string of the molecule is CS(=O)(=O)N1CCc2ccc(S(=O)(=O)Cl)cc2C1. The topological polar surface area (TPSA) is 71.5 Å². The molecule has 0 aliphatic carbocycles.